The highest BCUT2D eigenvalue weighted by Gasteiger charge is 2.22. The van der Waals surface area contributed by atoms with Gasteiger partial charge in [-0.3, -0.25) is 9.20 Å². The van der Waals surface area contributed by atoms with Gasteiger partial charge in [0.1, 0.15) is 5.65 Å². The number of allylic oxidation sites excluding steroid dienone is 1. The fraction of sp³-hybridized carbons (Fsp3) is 0.111. The fourth-order valence-electron chi connectivity index (χ4n) is 2.96. The van der Waals surface area contributed by atoms with Crippen LogP contribution in [-0.4, -0.2) is 9.38 Å². The molecule has 2 aromatic heterocycles. The molecule has 0 N–H and O–H groups in total. The molecule has 1 aliphatic carbocycles. The summed E-state index contributed by atoms with van der Waals surface area (Å²) >= 11 is 18.0. The summed E-state index contributed by atoms with van der Waals surface area (Å²) in [6, 6.07) is 8.94. The molecule has 3 aromatic rings. The average Bonchev–Trinajstić information content (AvgIpc) is 2.95. The van der Waals surface area contributed by atoms with Crippen molar-refractivity contribution in [3.8, 4) is 0 Å². The zero-order chi connectivity index (χ0) is 16.8. The van der Waals surface area contributed by atoms with Gasteiger partial charge in [-0.15, -0.1) is 0 Å². The summed E-state index contributed by atoms with van der Waals surface area (Å²) in [7, 11) is 0. The van der Waals surface area contributed by atoms with E-state index < -0.39 is 0 Å². The van der Waals surface area contributed by atoms with E-state index in [1.807, 2.05) is 18.2 Å². The van der Waals surface area contributed by atoms with Crippen LogP contribution < -0.4 is 5.56 Å². The SMILES string of the molecule is O=c1c2c(nc3ccc(Cl)cn13)C(=Cc1ccc(Cl)c(Cl)c1)CC2. The van der Waals surface area contributed by atoms with Crippen LogP contribution in [0.15, 0.2) is 41.3 Å². The lowest BCUT2D eigenvalue weighted by Crippen LogP contribution is -2.19. The molecule has 4 rings (SSSR count). The van der Waals surface area contributed by atoms with Gasteiger partial charge in [-0.05, 0) is 54.3 Å². The molecular formula is C18H11Cl3N2O. The Morgan fingerprint density at radius 2 is 1.88 bits per heavy atom. The quantitative estimate of drug-likeness (QED) is 0.588. The largest absolute Gasteiger partial charge is 0.269 e. The molecule has 0 saturated carbocycles. The minimum atomic E-state index is -0.0601. The average molecular weight is 378 g/mol. The monoisotopic (exact) mass is 376 g/mol. The molecule has 3 nitrogen and oxygen atoms in total. The second-order valence-corrected chi connectivity index (χ2v) is 6.91. The summed E-state index contributed by atoms with van der Waals surface area (Å²) in [4.78, 5) is 17.3. The van der Waals surface area contributed by atoms with Crippen LogP contribution >= 0.6 is 34.8 Å². The number of aromatic nitrogens is 2. The molecule has 120 valence electrons. The van der Waals surface area contributed by atoms with Gasteiger partial charge < -0.3 is 0 Å². The number of halogens is 3. The van der Waals surface area contributed by atoms with Crippen molar-refractivity contribution in [3.63, 3.8) is 0 Å². The molecule has 0 bridgehead atoms. The molecule has 0 saturated heterocycles. The third-order valence-electron chi connectivity index (χ3n) is 4.11. The summed E-state index contributed by atoms with van der Waals surface area (Å²) in [6.45, 7) is 0. The molecule has 24 heavy (non-hydrogen) atoms. The van der Waals surface area contributed by atoms with Gasteiger partial charge in [0.2, 0.25) is 0 Å². The Morgan fingerprint density at radius 3 is 2.67 bits per heavy atom. The molecule has 0 atom stereocenters. The first-order chi connectivity index (χ1) is 11.5. The lowest BCUT2D eigenvalue weighted by atomic mass is 10.1. The second-order valence-electron chi connectivity index (χ2n) is 5.66. The van der Waals surface area contributed by atoms with E-state index in [1.165, 1.54) is 4.40 Å². The van der Waals surface area contributed by atoms with Crippen molar-refractivity contribution < 1.29 is 0 Å². The molecule has 0 amide bonds. The highest BCUT2D eigenvalue weighted by molar-refractivity contribution is 6.42. The number of hydrogen-bond donors (Lipinski definition) is 0. The molecule has 0 fully saturated rings. The third-order valence-corrected chi connectivity index (χ3v) is 5.08. The van der Waals surface area contributed by atoms with Crippen LogP contribution in [-0.2, 0) is 6.42 Å². The zero-order valence-electron chi connectivity index (χ0n) is 12.4. The first kappa shape index (κ1) is 15.7. The Labute approximate surface area is 153 Å². The molecular weight excluding hydrogens is 367 g/mol. The summed E-state index contributed by atoms with van der Waals surface area (Å²) in [5, 5.41) is 1.53. The maximum atomic E-state index is 12.7. The fourth-order valence-corrected chi connectivity index (χ4v) is 3.43. The zero-order valence-corrected chi connectivity index (χ0v) is 14.7. The van der Waals surface area contributed by atoms with Gasteiger partial charge in [-0.2, -0.15) is 0 Å². The molecule has 0 radical (unpaired) electrons. The minimum absolute atomic E-state index is 0.0601. The standard InChI is InChI=1S/C18H11Cl3N2O/c19-12-3-6-16-22-17-11(2-4-13(17)18(24)23(16)9-12)7-10-1-5-14(20)15(21)8-10/h1,3,5-9H,2,4H2. The van der Waals surface area contributed by atoms with E-state index in [2.05, 4.69) is 4.98 Å². The van der Waals surface area contributed by atoms with Gasteiger partial charge in [0.05, 0.1) is 20.8 Å². The minimum Gasteiger partial charge on any atom is -0.269 e. The Kier molecular flexibility index (Phi) is 3.87. The van der Waals surface area contributed by atoms with E-state index in [0.717, 1.165) is 28.8 Å². The van der Waals surface area contributed by atoms with Gasteiger partial charge in [0, 0.05) is 11.8 Å². The predicted molar refractivity (Wildman–Crippen MR) is 99.1 cm³/mol. The summed E-state index contributed by atoms with van der Waals surface area (Å²) in [6.07, 6.45) is 5.05. The summed E-state index contributed by atoms with van der Waals surface area (Å²) in [5.74, 6) is 0. The van der Waals surface area contributed by atoms with Crippen LogP contribution in [0, 0.1) is 0 Å². The van der Waals surface area contributed by atoms with E-state index >= 15 is 0 Å². The van der Waals surface area contributed by atoms with Crippen molar-refractivity contribution in [3.05, 3.63) is 78.8 Å². The van der Waals surface area contributed by atoms with Crippen molar-refractivity contribution in [2.45, 2.75) is 12.8 Å². The van der Waals surface area contributed by atoms with E-state index in [9.17, 15) is 4.79 Å². The molecule has 0 spiro atoms. The van der Waals surface area contributed by atoms with Crippen LogP contribution in [0.25, 0.3) is 17.3 Å². The number of benzene rings is 1. The Hall–Kier alpha value is -1.81. The number of pyridine rings is 1. The van der Waals surface area contributed by atoms with Gasteiger partial charge in [-0.1, -0.05) is 40.9 Å². The van der Waals surface area contributed by atoms with Crippen LogP contribution in [0.1, 0.15) is 23.2 Å². The molecule has 1 aromatic carbocycles. The molecule has 0 aliphatic heterocycles. The van der Waals surface area contributed by atoms with Crippen molar-refractivity contribution in [1.82, 2.24) is 9.38 Å². The highest BCUT2D eigenvalue weighted by Crippen LogP contribution is 2.32. The molecule has 0 unspecified atom stereocenters. The third kappa shape index (κ3) is 2.63. The van der Waals surface area contributed by atoms with Gasteiger partial charge in [0.25, 0.3) is 5.56 Å². The normalized spacial score (nSPS) is 15.2. The van der Waals surface area contributed by atoms with E-state index in [0.29, 0.717) is 27.1 Å². The second kappa shape index (κ2) is 5.92. The van der Waals surface area contributed by atoms with E-state index in [4.69, 9.17) is 34.8 Å². The van der Waals surface area contributed by atoms with Crippen LogP contribution in [0.5, 0.6) is 0 Å². The van der Waals surface area contributed by atoms with Gasteiger partial charge in [0.15, 0.2) is 0 Å². The lowest BCUT2D eigenvalue weighted by Gasteiger charge is -2.06. The van der Waals surface area contributed by atoms with Gasteiger partial charge in [-0.25, -0.2) is 4.98 Å². The van der Waals surface area contributed by atoms with E-state index in [1.54, 1.807) is 24.4 Å². The maximum Gasteiger partial charge on any atom is 0.261 e. The van der Waals surface area contributed by atoms with Crippen molar-refractivity contribution in [2.75, 3.05) is 0 Å². The number of rotatable bonds is 1. The first-order valence-corrected chi connectivity index (χ1v) is 8.53. The molecule has 2 heterocycles. The van der Waals surface area contributed by atoms with Crippen molar-refractivity contribution in [2.24, 2.45) is 0 Å². The molecule has 1 aliphatic rings. The highest BCUT2D eigenvalue weighted by atomic mass is 35.5. The Balaban J connectivity index is 1.88. The first-order valence-electron chi connectivity index (χ1n) is 7.40. The van der Waals surface area contributed by atoms with Crippen molar-refractivity contribution >= 4 is 52.1 Å². The summed E-state index contributed by atoms with van der Waals surface area (Å²) < 4.78 is 1.50. The van der Waals surface area contributed by atoms with Crippen LogP contribution in [0.4, 0.5) is 0 Å². The van der Waals surface area contributed by atoms with Crippen molar-refractivity contribution in [1.29, 1.82) is 0 Å². The maximum absolute atomic E-state index is 12.7. The van der Waals surface area contributed by atoms with Gasteiger partial charge >= 0.3 is 0 Å². The van der Waals surface area contributed by atoms with Crippen LogP contribution in [0.3, 0.4) is 0 Å². The Bertz CT molecular complexity index is 1070. The smallest absolute Gasteiger partial charge is 0.261 e. The Morgan fingerprint density at radius 1 is 1.04 bits per heavy atom. The number of hydrogen-bond acceptors (Lipinski definition) is 2. The lowest BCUT2D eigenvalue weighted by molar-refractivity contribution is 0.971. The topological polar surface area (TPSA) is 34.4 Å². The predicted octanol–water partition coefficient (Wildman–Crippen LogP) is 5.14. The summed E-state index contributed by atoms with van der Waals surface area (Å²) in [5.41, 5.74) is 3.97. The molecule has 6 heteroatoms. The number of fused-ring (bicyclic) bond motifs is 2. The van der Waals surface area contributed by atoms with Crippen LogP contribution in [0.2, 0.25) is 15.1 Å². The number of nitrogens with zero attached hydrogens (tertiary/aromatic N) is 2. The van der Waals surface area contributed by atoms with E-state index in [-0.39, 0.29) is 5.56 Å².